The second-order valence-electron chi connectivity index (χ2n) is 6.45. The van der Waals surface area contributed by atoms with Crippen LogP contribution in [0.3, 0.4) is 0 Å². The molecular formula is C19H28IN5O2S2. The molecule has 2 heterocycles. The first kappa shape index (κ1) is 23.9. The van der Waals surface area contributed by atoms with Crippen LogP contribution in [-0.2, 0) is 16.6 Å². The molecule has 29 heavy (non-hydrogen) atoms. The summed E-state index contributed by atoms with van der Waals surface area (Å²) in [7, 11) is -2.03. The number of guanidine groups is 1. The van der Waals surface area contributed by atoms with Crippen LogP contribution in [0.2, 0.25) is 0 Å². The number of sulfonamides is 1. The molecule has 2 aromatic rings. The molecule has 1 aliphatic heterocycles. The third kappa shape index (κ3) is 6.30. The molecule has 1 aromatic heterocycles. The Hall–Kier alpha value is -1.37. The number of hydrogen-bond donors (Lipinski definition) is 2. The van der Waals surface area contributed by atoms with Crippen molar-refractivity contribution in [3.63, 3.8) is 0 Å². The molecule has 0 radical (unpaired) electrons. The molecule has 0 saturated carbocycles. The summed E-state index contributed by atoms with van der Waals surface area (Å²) in [5, 5.41) is 6.77. The Bertz CT molecular complexity index is 895. The van der Waals surface area contributed by atoms with Gasteiger partial charge in [-0.1, -0.05) is 12.1 Å². The maximum Gasteiger partial charge on any atom is 0.240 e. The van der Waals surface area contributed by atoms with Crippen LogP contribution < -0.4 is 14.9 Å². The molecule has 0 unspecified atom stereocenters. The fraction of sp³-hybridized carbons (Fsp3) is 0.421. The van der Waals surface area contributed by atoms with Crippen molar-refractivity contribution in [3.05, 3.63) is 47.3 Å². The first-order chi connectivity index (χ1) is 13.5. The fourth-order valence-electron chi connectivity index (χ4n) is 3.11. The average Bonchev–Trinajstić information content (AvgIpc) is 3.26. The molecule has 0 bridgehead atoms. The van der Waals surface area contributed by atoms with Crippen LogP contribution in [0.25, 0.3) is 0 Å². The highest BCUT2D eigenvalue weighted by Crippen LogP contribution is 2.22. The predicted octanol–water partition coefficient (Wildman–Crippen LogP) is 2.56. The Morgan fingerprint density at radius 3 is 2.55 bits per heavy atom. The summed E-state index contributed by atoms with van der Waals surface area (Å²) < 4.78 is 26.3. The summed E-state index contributed by atoms with van der Waals surface area (Å²) in [6.07, 6.45) is 0. The number of anilines is 1. The number of halogens is 1. The van der Waals surface area contributed by atoms with Crippen molar-refractivity contribution >= 4 is 56.3 Å². The topological polar surface area (TPSA) is 77.0 Å². The van der Waals surface area contributed by atoms with Crippen molar-refractivity contribution in [3.8, 4) is 0 Å². The van der Waals surface area contributed by atoms with Crippen LogP contribution in [0, 0.1) is 0 Å². The van der Waals surface area contributed by atoms with Crippen LogP contribution in [0.4, 0.5) is 5.00 Å². The normalized spacial score (nSPS) is 15.2. The maximum absolute atomic E-state index is 12.0. The largest absolute Gasteiger partial charge is 0.360 e. The Kier molecular flexibility index (Phi) is 9.18. The zero-order valence-electron chi connectivity index (χ0n) is 16.7. The van der Waals surface area contributed by atoms with Gasteiger partial charge < -0.3 is 15.1 Å². The number of nitrogens with one attached hydrogen (secondary N) is 2. The van der Waals surface area contributed by atoms with Gasteiger partial charge in [0, 0.05) is 32.7 Å². The summed E-state index contributed by atoms with van der Waals surface area (Å²) in [5.41, 5.74) is 0.865. The van der Waals surface area contributed by atoms with Crippen LogP contribution >= 0.6 is 35.3 Å². The van der Waals surface area contributed by atoms with Crippen molar-refractivity contribution in [2.75, 3.05) is 44.7 Å². The molecule has 160 valence electrons. The van der Waals surface area contributed by atoms with Crippen molar-refractivity contribution in [1.82, 2.24) is 14.9 Å². The van der Waals surface area contributed by atoms with Gasteiger partial charge in [0.05, 0.1) is 16.4 Å². The van der Waals surface area contributed by atoms with Gasteiger partial charge in [0.25, 0.3) is 0 Å². The lowest BCUT2D eigenvalue weighted by atomic mass is 10.2. The highest BCUT2D eigenvalue weighted by molar-refractivity contribution is 14.0. The van der Waals surface area contributed by atoms with Crippen LogP contribution in [-0.4, -0.2) is 59.0 Å². The average molecular weight is 550 g/mol. The van der Waals surface area contributed by atoms with E-state index in [1.54, 1.807) is 29.5 Å². The van der Waals surface area contributed by atoms with Gasteiger partial charge in [-0.05, 0) is 49.2 Å². The summed E-state index contributed by atoms with van der Waals surface area (Å²) >= 11 is 1.77. The minimum Gasteiger partial charge on any atom is -0.360 e. The van der Waals surface area contributed by atoms with Gasteiger partial charge in [-0.2, -0.15) is 0 Å². The van der Waals surface area contributed by atoms with E-state index < -0.39 is 10.0 Å². The van der Waals surface area contributed by atoms with E-state index in [0.717, 1.165) is 44.2 Å². The highest BCUT2D eigenvalue weighted by atomic mass is 127. The lowest BCUT2D eigenvalue weighted by Gasteiger charge is -2.37. The SMILES string of the molecule is CCNC(=NCc1cccc(S(=O)(=O)NC)c1)N1CCN(c2cccs2)CC1.I. The standard InChI is InChI=1S/C19H27N5O2S2.HI/c1-3-21-19(24-11-9-23(10-12-24)18-8-5-13-27-18)22-15-16-6-4-7-17(14-16)28(25,26)20-2;/h4-8,13-14,20H,3,9-12,15H2,1-2H3,(H,21,22);1H. The molecule has 0 amide bonds. The zero-order valence-corrected chi connectivity index (χ0v) is 20.6. The quantitative estimate of drug-likeness (QED) is 0.329. The first-order valence-electron chi connectivity index (χ1n) is 9.37. The minimum absolute atomic E-state index is 0. The van der Waals surface area contributed by atoms with Crippen molar-refractivity contribution in [2.45, 2.75) is 18.4 Å². The minimum atomic E-state index is -3.45. The molecule has 7 nitrogen and oxygen atoms in total. The van der Waals surface area contributed by atoms with Crippen molar-refractivity contribution in [1.29, 1.82) is 0 Å². The Balaban J connectivity index is 0.00000300. The van der Waals surface area contributed by atoms with Gasteiger partial charge >= 0.3 is 0 Å². The van der Waals surface area contributed by atoms with Gasteiger partial charge in [-0.25, -0.2) is 18.1 Å². The number of piperazine rings is 1. The molecule has 2 N–H and O–H groups in total. The second kappa shape index (κ2) is 11.1. The first-order valence-corrected chi connectivity index (χ1v) is 11.7. The Labute approximate surface area is 194 Å². The Morgan fingerprint density at radius 2 is 1.93 bits per heavy atom. The number of nitrogens with zero attached hydrogens (tertiary/aromatic N) is 3. The van der Waals surface area contributed by atoms with E-state index in [1.165, 1.54) is 12.0 Å². The monoisotopic (exact) mass is 549 g/mol. The molecule has 0 aliphatic carbocycles. The van der Waals surface area contributed by atoms with Crippen molar-refractivity contribution < 1.29 is 8.42 Å². The van der Waals surface area contributed by atoms with Gasteiger partial charge in [-0.3, -0.25) is 0 Å². The Morgan fingerprint density at radius 1 is 1.17 bits per heavy atom. The second-order valence-corrected chi connectivity index (χ2v) is 9.26. The number of thiophene rings is 1. The van der Waals surface area contributed by atoms with Gasteiger partial charge in [0.15, 0.2) is 5.96 Å². The van der Waals surface area contributed by atoms with E-state index in [-0.39, 0.29) is 28.9 Å². The van der Waals surface area contributed by atoms with Crippen LogP contribution in [0.1, 0.15) is 12.5 Å². The van der Waals surface area contributed by atoms with Gasteiger partial charge in [0.2, 0.25) is 10.0 Å². The smallest absolute Gasteiger partial charge is 0.240 e. The third-order valence-corrected chi connectivity index (χ3v) is 6.96. The molecule has 0 atom stereocenters. The lowest BCUT2D eigenvalue weighted by molar-refractivity contribution is 0.373. The molecule has 0 spiro atoms. The molecule has 3 rings (SSSR count). The zero-order chi connectivity index (χ0) is 20.0. The number of rotatable bonds is 6. The summed E-state index contributed by atoms with van der Waals surface area (Å²) in [6, 6.07) is 11.2. The molecule has 1 fully saturated rings. The van der Waals surface area contributed by atoms with Gasteiger partial charge in [0.1, 0.15) is 0 Å². The molecule has 1 saturated heterocycles. The molecule has 1 aromatic carbocycles. The number of aliphatic imine (C=N–C) groups is 1. The van der Waals surface area contributed by atoms with E-state index >= 15 is 0 Å². The molecular weight excluding hydrogens is 521 g/mol. The van der Waals surface area contributed by atoms with E-state index in [0.29, 0.717) is 6.54 Å². The van der Waals surface area contributed by atoms with Crippen LogP contribution in [0.5, 0.6) is 0 Å². The number of benzene rings is 1. The number of hydrogen-bond acceptors (Lipinski definition) is 5. The third-order valence-electron chi connectivity index (χ3n) is 4.62. The predicted molar refractivity (Wildman–Crippen MR) is 131 cm³/mol. The van der Waals surface area contributed by atoms with E-state index in [2.05, 4.69) is 44.3 Å². The van der Waals surface area contributed by atoms with Gasteiger partial charge in [-0.15, -0.1) is 35.3 Å². The molecule has 1 aliphatic rings. The van der Waals surface area contributed by atoms with Crippen molar-refractivity contribution in [2.24, 2.45) is 4.99 Å². The summed E-state index contributed by atoms with van der Waals surface area (Å²) in [4.78, 5) is 9.67. The summed E-state index contributed by atoms with van der Waals surface area (Å²) in [5.74, 6) is 0.871. The summed E-state index contributed by atoms with van der Waals surface area (Å²) in [6.45, 7) is 6.99. The lowest BCUT2D eigenvalue weighted by Crippen LogP contribution is -2.52. The molecule has 10 heteroatoms. The van der Waals surface area contributed by atoms with E-state index in [4.69, 9.17) is 4.99 Å². The highest BCUT2D eigenvalue weighted by Gasteiger charge is 2.20. The van der Waals surface area contributed by atoms with E-state index in [9.17, 15) is 8.42 Å². The van der Waals surface area contributed by atoms with E-state index in [1.807, 2.05) is 6.07 Å². The fourth-order valence-corrected chi connectivity index (χ4v) is 4.69. The maximum atomic E-state index is 12.0. The van der Waals surface area contributed by atoms with Crippen LogP contribution in [0.15, 0.2) is 51.7 Å².